The number of rotatable bonds is 5. The number of esters is 1. The van der Waals surface area contributed by atoms with Crippen LogP contribution in [-0.2, 0) is 19.6 Å². The fourth-order valence-electron chi connectivity index (χ4n) is 4.64. The van der Waals surface area contributed by atoms with E-state index < -0.39 is 21.9 Å². The van der Waals surface area contributed by atoms with Crippen LogP contribution in [-0.4, -0.2) is 44.8 Å². The van der Waals surface area contributed by atoms with Crippen molar-refractivity contribution in [3.8, 4) is 0 Å². The lowest BCUT2D eigenvalue weighted by atomic mass is 9.98. The molecular formula is C25H28N2O5S2. The number of sulfonamides is 1. The molecular weight excluding hydrogens is 472 g/mol. The van der Waals surface area contributed by atoms with Crippen LogP contribution in [0.15, 0.2) is 41.3 Å². The molecule has 1 N–H and O–H groups in total. The lowest BCUT2D eigenvalue weighted by Gasteiger charge is -2.32. The number of hydrogen-bond donors (Lipinski definition) is 1. The topological polar surface area (TPSA) is 92.8 Å². The summed E-state index contributed by atoms with van der Waals surface area (Å²) in [5.74, 6) is -1.05. The Morgan fingerprint density at radius 3 is 2.47 bits per heavy atom. The van der Waals surface area contributed by atoms with Gasteiger partial charge >= 0.3 is 5.97 Å². The van der Waals surface area contributed by atoms with Gasteiger partial charge in [-0.1, -0.05) is 17.7 Å². The van der Waals surface area contributed by atoms with Crippen molar-refractivity contribution in [1.29, 1.82) is 0 Å². The highest BCUT2D eigenvalue weighted by atomic mass is 32.2. The van der Waals surface area contributed by atoms with Gasteiger partial charge in [-0.2, -0.15) is 4.31 Å². The van der Waals surface area contributed by atoms with Crippen molar-refractivity contribution >= 4 is 49.0 Å². The van der Waals surface area contributed by atoms with E-state index in [4.69, 9.17) is 4.74 Å². The smallest absolute Gasteiger partial charge is 0.348 e. The number of nitrogens with one attached hydrogen (secondary N) is 1. The summed E-state index contributed by atoms with van der Waals surface area (Å²) in [5.41, 5.74) is 3.07. The lowest BCUT2D eigenvalue weighted by molar-refractivity contribution is -0.120. The van der Waals surface area contributed by atoms with Crippen LogP contribution in [0.1, 0.15) is 39.2 Å². The van der Waals surface area contributed by atoms with Crippen LogP contribution in [0.2, 0.25) is 0 Å². The molecule has 0 aliphatic carbocycles. The summed E-state index contributed by atoms with van der Waals surface area (Å²) in [6.07, 6.45) is 1.24. The van der Waals surface area contributed by atoms with Crippen LogP contribution in [0.25, 0.3) is 10.1 Å². The molecule has 1 aliphatic heterocycles. The van der Waals surface area contributed by atoms with Crippen LogP contribution in [0.4, 0.5) is 5.69 Å². The molecule has 0 bridgehead atoms. The number of anilines is 1. The fourth-order valence-corrected chi connectivity index (χ4v) is 7.54. The molecule has 0 spiro atoms. The highest BCUT2D eigenvalue weighted by molar-refractivity contribution is 7.89. The molecule has 1 unspecified atom stereocenters. The number of fused-ring (bicyclic) bond motifs is 1. The van der Waals surface area contributed by atoms with Crippen molar-refractivity contribution in [2.24, 2.45) is 5.92 Å². The monoisotopic (exact) mass is 500 g/mol. The summed E-state index contributed by atoms with van der Waals surface area (Å²) in [6, 6.07) is 10.9. The van der Waals surface area contributed by atoms with Crippen molar-refractivity contribution in [2.45, 2.75) is 38.5 Å². The molecule has 1 atom stereocenters. The average molecular weight is 501 g/mol. The molecule has 1 aromatic heterocycles. The Kier molecular flexibility index (Phi) is 6.80. The van der Waals surface area contributed by atoms with Gasteiger partial charge in [-0.05, 0) is 74.4 Å². The number of thiophene rings is 1. The quantitative estimate of drug-likeness (QED) is 0.515. The number of piperidine rings is 1. The van der Waals surface area contributed by atoms with E-state index in [0.717, 1.165) is 26.8 Å². The zero-order valence-electron chi connectivity index (χ0n) is 19.7. The van der Waals surface area contributed by atoms with Crippen LogP contribution >= 0.6 is 11.3 Å². The largest absolute Gasteiger partial charge is 0.465 e. The van der Waals surface area contributed by atoms with Crippen LogP contribution in [0, 0.1) is 26.7 Å². The Balaban J connectivity index is 1.51. The van der Waals surface area contributed by atoms with Gasteiger partial charge in [0.2, 0.25) is 15.9 Å². The van der Waals surface area contributed by atoms with E-state index in [0.29, 0.717) is 34.8 Å². The second-order valence-electron chi connectivity index (χ2n) is 8.77. The molecule has 34 heavy (non-hydrogen) atoms. The fraction of sp³-hybridized carbons (Fsp3) is 0.360. The number of amides is 1. The van der Waals surface area contributed by atoms with Gasteiger partial charge in [0.15, 0.2) is 0 Å². The number of ether oxygens (including phenoxy) is 1. The van der Waals surface area contributed by atoms with Gasteiger partial charge in [0.25, 0.3) is 0 Å². The highest BCUT2D eigenvalue weighted by Crippen LogP contribution is 2.31. The Labute approximate surface area is 203 Å². The minimum Gasteiger partial charge on any atom is -0.465 e. The number of aryl methyl sites for hydroxylation is 3. The van der Waals surface area contributed by atoms with Crippen molar-refractivity contribution in [1.82, 2.24) is 4.31 Å². The van der Waals surface area contributed by atoms with Crippen molar-refractivity contribution in [3.05, 3.63) is 58.0 Å². The van der Waals surface area contributed by atoms with Crippen LogP contribution in [0.3, 0.4) is 0 Å². The SMILES string of the molecule is COC(=O)c1cc2cc(NC(=O)C3CCCN(S(=O)(=O)c4c(C)cc(C)cc4C)C3)ccc2s1. The average Bonchev–Trinajstić information content (AvgIpc) is 3.21. The predicted molar refractivity (Wildman–Crippen MR) is 134 cm³/mol. The number of methoxy groups -OCH3 is 1. The van der Waals surface area contributed by atoms with E-state index in [1.165, 1.54) is 22.8 Å². The molecule has 180 valence electrons. The standard InChI is InChI=1S/C25H28N2O5S2/c1-15-10-16(2)23(17(3)11-15)34(30,31)27-9-5-6-18(14-27)24(28)26-20-7-8-21-19(12-20)13-22(33-21)25(29)32-4/h7-8,10-13,18H,5-6,9,14H2,1-4H3,(H,26,28). The molecule has 1 aliphatic rings. The molecule has 2 heterocycles. The number of hydrogen-bond acceptors (Lipinski definition) is 6. The second-order valence-corrected chi connectivity index (χ2v) is 11.7. The minimum atomic E-state index is -3.71. The predicted octanol–water partition coefficient (Wildman–Crippen LogP) is 4.65. The zero-order valence-corrected chi connectivity index (χ0v) is 21.3. The van der Waals surface area contributed by atoms with E-state index in [2.05, 4.69) is 5.32 Å². The third-order valence-corrected chi connectivity index (χ3v) is 9.40. The molecule has 1 fully saturated rings. The second kappa shape index (κ2) is 9.48. The molecule has 9 heteroatoms. The Hall–Kier alpha value is -2.75. The van der Waals surface area contributed by atoms with Gasteiger partial charge < -0.3 is 10.1 Å². The Morgan fingerprint density at radius 2 is 1.79 bits per heavy atom. The molecule has 1 amide bonds. The summed E-state index contributed by atoms with van der Waals surface area (Å²) in [4.78, 5) is 25.7. The van der Waals surface area contributed by atoms with E-state index in [9.17, 15) is 18.0 Å². The molecule has 2 aromatic carbocycles. The Bertz CT molecular complexity index is 1350. The van der Waals surface area contributed by atoms with E-state index >= 15 is 0 Å². The molecule has 3 aromatic rings. The molecule has 7 nitrogen and oxygen atoms in total. The number of nitrogens with zero attached hydrogens (tertiary/aromatic N) is 1. The van der Waals surface area contributed by atoms with Gasteiger partial charge in [-0.25, -0.2) is 13.2 Å². The third kappa shape index (κ3) is 4.73. The van der Waals surface area contributed by atoms with Gasteiger partial charge in [0.05, 0.1) is 17.9 Å². The molecule has 1 saturated heterocycles. The molecule has 4 rings (SSSR count). The van der Waals surface area contributed by atoms with Crippen molar-refractivity contribution in [2.75, 3.05) is 25.5 Å². The molecule has 0 saturated carbocycles. The van der Waals surface area contributed by atoms with Crippen molar-refractivity contribution in [3.63, 3.8) is 0 Å². The van der Waals surface area contributed by atoms with Crippen LogP contribution < -0.4 is 5.32 Å². The first-order valence-corrected chi connectivity index (χ1v) is 13.4. The zero-order chi connectivity index (χ0) is 24.6. The number of benzene rings is 2. The number of carbonyl (C=O) groups is 2. The first-order valence-electron chi connectivity index (χ1n) is 11.1. The van der Waals surface area contributed by atoms with E-state index in [1.807, 2.05) is 45.0 Å². The third-order valence-electron chi connectivity index (χ3n) is 6.13. The summed E-state index contributed by atoms with van der Waals surface area (Å²) in [5, 5.41) is 3.76. The number of carbonyl (C=O) groups excluding carboxylic acids is 2. The minimum absolute atomic E-state index is 0.147. The normalized spacial score (nSPS) is 17.0. The van der Waals surface area contributed by atoms with Gasteiger partial charge in [-0.3, -0.25) is 4.79 Å². The van der Waals surface area contributed by atoms with Crippen molar-refractivity contribution < 1.29 is 22.7 Å². The first-order chi connectivity index (χ1) is 16.1. The summed E-state index contributed by atoms with van der Waals surface area (Å²) in [6.45, 7) is 6.12. The van der Waals surface area contributed by atoms with Gasteiger partial charge in [-0.15, -0.1) is 11.3 Å². The summed E-state index contributed by atoms with van der Waals surface area (Å²) < 4.78 is 34.0. The van der Waals surface area contributed by atoms with Gasteiger partial charge in [0.1, 0.15) is 4.88 Å². The maximum atomic E-state index is 13.5. The lowest BCUT2D eigenvalue weighted by Crippen LogP contribution is -2.44. The van der Waals surface area contributed by atoms with E-state index in [-0.39, 0.29) is 12.5 Å². The Morgan fingerprint density at radius 1 is 1.09 bits per heavy atom. The maximum absolute atomic E-state index is 13.5. The van der Waals surface area contributed by atoms with Crippen LogP contribution in [0.5, 0.6) is 0 Å². The van der Waals surface area contributed by atoms with Gasteiger partial charge in [0, 0.05) is 23.5 Å². The molecule has 0 radical (unpaired) electrons. The summed E-state index contributed by atoms with van der Waals surface area (Å²) in [7, 11) is -2.36. The first kappa shape index (κ1) is 24.4. The van der Waals surface area contributed by atoms with E-state index in [1.54, 1.807) is 12.1 Å². The maximum Gasteiger partial charge on any atom is 0.348 e. The highest BCUT2D eigenvalue weighted by Gasteiger charge is 2.35. The summed E-state index contributed by atoms with van der Waals surface area (Å²) >= 11 is 1.33.